The first-order valence-corrected chi connectivity index (χ1v) is 10.2. The Morgan fingerprint density at radius 2 is 1.97 bits per heavy atom. The van der Waals surface area contributed by atoms with Crippen LogP contribution in [-0.2, 0) is 13.0 Å². The number of hydrogen-bond donors (Lipinski definition) is 0. The average Bonchev–Trinajstić information content (AvgIpc) is 3.42. The molecule has 1 aliphatic heterocycles. The fraction of sp³-hybridized carbons (Fsp3) is 0.167. The van der Waals surface area contributed by atoms with E-state index in [-0.39, 0.29) is 0 Å². The lowest BCUT2D eigenvalue weighted by Crippen LogP contribution is -2.12. The van der Waals surface area contributed by atoms with Gasteiger partial charge < -0.3 is 9.30 Å². The van der Waals surface area contributed by atoms with Gasteiger partial charge in [0.1, 0.15) is 23.6 Å². The number of imidazole rings is 1. The van der Waals surface area contributed by atoms with E-state index in [1.54, 1.807) is 18.0 Å². The first kappa shape index (κ1) is 17.8. The van der Waals surface area contributed by atoms with E-state index in [0.717, 1.165) is 64.1 Å². The van der Waals surface area contributed by atoms with Crippen LogP contribution in [0, 0.1) is 6.92 Å². The van der Waals surface area contributed by atoms with Gasteiger partial charge in [-0.25, -0.2) is 14.5 Å². The van der Waals surface area contributed by atoms with Gasteiger partial charge >= 0.3 is 0 Å². The van der Waals surface area contributed by atoms with Crippen LogP contribution in [0.2, 0.25) is 0 Å². The number of pyridine rings is 2. The third kappa shape index (κ3) is 2.81. The zero-order valence-corrected chi connectivity index (χ0v) is 17.3. The molecule has 1 aromatic carbocycles. The molecular weight excluding hydrogens is 388 g/mol. The summed E-state index contributed by atoms with van der Waals surface area (Å²) in [6, 6.07) is 16.3. The second-order valence-corrected chi connectivity index (χ2v) is 7.70. The molecule has 0 spiro atoms. The molecule has 0 bridgehead atoms. The number of hydrogen-bond acceptors (Lipinski definition) is 5. The maximum Gasteiger partial charge on any atom is 0.155 e. The summed E-state index contributed by atoms with van der Waals surface area (Å²) in [5, 5.41) is 4.30. The minimum Gasteiger partial charge on any atom is -0.497 e. The summed E-state index contributed by atoms with van der Waals surface area (Å²) in [7, 11) is 1.70. The Labute approximate surface area is 179 Å². The van der Waals surface area contributed by atoms with Crippen molar-refractivity contribution in [3.05, 3.63) is 72.3 Å². The fourth-order valence-corrected chi connectivity index (χ4v) is 4.32. The second-order valence-electron chi connectivity index (χ2n) is 7.70. The Morgan fingerprint density at radius 1 is 1.03 bits per heavy atom. The van der Waals surface area contributed by atoms with Gasteiger partial charge in [0.05, 0.1) is 18.5 Å². The van der Waals surface area contributed by atoms with E-state index in [1.165, 1.54) is 5.56 Å². The number of methoxy groups -OCH3 is 1. The van der Waals surface area contributed by atoms with E-state index < -0.39 is 0 Å². The molecule has 7 nitrogen and oxygen atoms in total. The van der Waals surface area contributed by atoms with Crippen molar-refractivity contribution in [2.45, 2.75) is 19.9 Å². The fourth-order valence-electron chi connectivity index (χ4n) is 4.32. The number of fused-ring (bicyclic) bond motifs is 4. The van der Waals surface area contributed by atoms with Crippen molar-refractivity contribution < 1.29 is 4.74 Å². The summed E-state index contributed by atoms with van der Waals surface area (Å²) >= 11 is 0. The molecule has 0 aliphatic carbocycles. The Balaban J connectivity index is 1.62. The zero-order valence-electron chi connectivity index (χ0n) is 17.3. The lowest BCUT2D eigenvalue weighted by molar-refractivity contribution is 0.414. The van der Waals surface area contributed by atoms with Crippen LogP contribution in [0.25, 0.3) is 39.7 Å². The molecule has 0 saturated carbocycles. The van der Waals surface area contributed by atoms with Gasteiger partial charge in [0.25, 0.3) is 0 Å². The highest BCUT2D eigenvalue weighted by Crippen LogP contribution is 2.40. The number of nitrogens with zero attached hydrogens (tertiary/aromatic N) is 6. The van der Waals surface area contributed by atoms with Gasteiger partial charge in [-0.3, -0.25) is 4.98 Å². The Kier molecular flexibility index (Phi) is 3.89. The molecule has 0 atom stereocenters. The van der Waals surface area contributed by atoms with Gasteiger partial charge in [-0.05, 0) is 61.4 Å². The minimum atomic E-state index is 0.806. The summed E-state index contributed by atoms with van der Waals surface area (Å²) in [6.07, 6.45) is 4.45. The van der Waals surface area contributed by atoms with Crippen LogP contribution >= 0.6 is 0 Å². The van der Waals surface area contributed by atoms with Crippen LogP contribution < -0.4 is 4.74 Å². The smallest absolute Gasteiger partial charge is 0.155 e. The second kappa shape index (κ2) is 6.77. The lowest BCUT2D eigenvalue weighted by Gasteiger charge is -2.20. The molecule has 0 amide bonds. The quantitative estimate of drug-likeness (QED) is 0.448. The lowest BCUT2D eigenvalue weighted by atomic mass is 10.00. The van der Waals surface area contributed by atoms with Crippen LogP contribution in [0.4, 0.5) is 0 Å². The first-order valence-electron chi connectivity index (χ1n) is 10.2. The van der Waals surface area contributed by atoms with E-state index in [4.69, 9.17) is 14.7 Å². The van der Waals surface area contributed by atoms with E-state index in [2.05, 4.69) is 32.8 Å². The van der Waals surface area contributed by atoms with Crippen molar-refractivity contribution in [2.75, 3.05) is 7.11 Å². The number of aromatic nitrogens is 6. The van der Waals surface area contributed by atoms with Gasteiger partial charge in [0.2, 0.25) is 0 Å². The molecule has 5 aromatic rings. The number of aryl methyl sites for hydroxylation is 2. The van der Waals surface area contributed by atoms with E-state index in [9.17, 15) is 0 Å². The van der Waals surface area contributed by atoms with E-state index in [1.807, 2.05) is 43.5 Å². The predicted octanol–water partition coefficient (Wildman–Crippen LogP) is 4.19. The highest BCUT2D eigenvalue weighted by atomic mass is 16.5. The van der Waals surface area contributed by atoms with Gasteiger partial charge in [-0.2, -0.15) is 5.10 Å². The topological polar surface area (TPSA) is 70.1 Å². The van der Waals surface area contributed by atoms with Gasteiger partial charge in [-0.15, -0.1) is 0 Å². The summed E-state index contributed by atoms with van der Waals surface area (Å²) in [4.78, 5) is 14.2. The maximum atomic E-state index is 5.43. The van der Waals surface area contributed by atoms with Crippen molar-refractivity contribution in [3.63, 3.8) is 0 Å². The van der Waals surface area contributed by atoms with Crippen molar-refractivity contribution >= 4 is 5.65 Å². The molecule has 1 aliphatic rings. The molecule has 152 valence electrons. The molecule has 7 heteroatoms. The van der Waals surface area contributed by atoms with E-state index >= 15 is 0 Å². The molecule has 6 rings (SSSR count). The first-order chi connectivity index (χ1) is 15.2. The van der Waals surface area contributed by atoms with E-state index in [0.29, 0.717) is 0 Å². The highest BCUT2D eigenvalue weighted by Gasteiger charge is 2.26. The number of rotatable bonds is 3. The molecule has 0 fully saturated rings. The van der Waals surface area contributed by atoms with Crippen molar-refractivity contribution in [3.8, 4) is 39.8 Å². The Hall–Kier alpha value is -4.00. The van der Waals surface area contributed by atoms with Crippen LogP contribution in [0.5, 0.6) is 5.75 Å². The standard InChI is InChI=1S/C24H20N6O/c1-15-4-3-5-20(27-15)23-22(17-6-9-21-25-14-26-30(21)13-17)28-24-19-8-7-18(31-2)12-16(19)10-11-29(23)24/h3-9,12-14H,10-11H2,1-2H3. The molecule has 0 radical (unpaired) electrons. The molecule has 31 heavy (non-hydrogen) atoms. The molecule has 5 heterocycles. The number of benzene rings is 1. The third-order valence-electron chi connectivity index (χ3n) is 5.80. The van der Waals surface area contributed by atoms with Crippen molar-refractivity contribution in [2.24, 2.45) is 0 Å². The molecular formula is C24H20N6O. The van der Waals surface area contributed by atoms with Crippen molar-refractivity contribution in [1.29, 1.82) is 0 Å². The SMILES string of the molecule is COc1ccc2c(c1)CCn1c-2nc(-c2ccc3ncnn3c2)c1-c1cccc(C)n1. The monoisotopic (exact) mass is 408 g/mol. The molecule has 0 saturated heterocycles. The summed E-state index contributed by atoms with van der Waals surface area (Å²) in [6.45, 7) is 2.85. The van der Waals surface area contributed by atoms with Gasteiger partial charge in [0, 0.05) is 29.6 Å². The largest absolute Gasteiger partial charge is 0.497 e. The zero-order chi connectivity index (χ0) is 20.9. The highest BCUT2D eigenvalue weighted by molar-refractivity contribution is 5.82. The normalized spacial score (nSPS) is 12.6. The average molecular weight is 408 g/mol. The van der Waals surface area contributed by atoms with Crippen LogP contribution in [-0.4, -0.2) is 36.2 Å². The summed E-state index contributed by atoms with van der Waals surface area (Å²) in [5.41, 5.74) is 7.99. The van der Waals surface area contributed by atoms with Crippen LogP contribution in [0.15, 0.2) is 61.1 Å². The third-order valence-corrected chi connectivity index (χ3v) is 5.80. The van der Waals surface area contributed by atoms with Gasteiger partial charge in [-0.1, -0.05) is 6.07 Å². The summed E-state index contributed by atoms with van der Waals surface area (Å²) < 4.78 is 9.50. The maximum absolute atomic E-state index is 5.43. The molecule has 0 N–H and O–H groups in total. The Morgan fingerprint density at radius 3 is 2.84 bits per heavy atom. The predicted molar refractivity (Wildman–Crippen MR) is 118 cm³/mol. The number of ether oxygens (including phenoxy) is 1. The summed E-state index contributed by atoms with van der Waals surface area (Å²) in [5.74, 6) is 1.83. The van der Waals surface area contributed by atoms with Crippen molar-refractivity contribution in [1.82, 2.24) is 29.1 Å². The molecule has 0 unspecified atom stereocenters. The van der Waals surface area contributed by atoms with Crippen LogP contribution in [0.3, 0.4) is 0 Å². The molecule has 4 aromatic heterocycles. The minimum absolute atomic E-state index is 0.806. The van der Waals surface area contributed by atoms with Gasteiger partial charge in [0.15, 0.2) is 5.65 Å². The van der Waals surface area contributed by atoms with Crippen LogP contribution in [0.1, 0.15) is 11.3 Å². The Bertz CT molecular complexity index is 1450.